The maximum atomic E-state index is 11.2. The molecule has 1 saturated carbocycles. The Morgan fingerprint density at radius 3 is 2.30 bits per heavy atom. The van der Waals surface area contributed by atoms with Gasteiger partial charge in [0.15, 0.2) is 0 Å². The monoisotopic (exact) mass is 387 g/mol. The number of nitrogens with two attached hydrogens (primary N) is 1. The fourth-order valence-electron chi connectivity index (χ4n) is 3.61. The molecule has 0 saturated heterocycles. The molecular formula is C17H26INO. The Bertz CT molecular complexity index is 433. The second-order valence-corrected chi connectivity index (χ2v) is 7.66. The number of benzene rings is 1. The van der Waals surface area contributed by atoms with E-state index in [4.69, 9.17) is 5.73 Å². The first kappa shape index (κ1) is 16.2. The van der Waals surface area contributed by atoms with Crippen LogP contribution in [-0.4, -0.2) is 11.7 Å². The van der Waals surface area contributed by atoms with E-state index in [1.54, 1.807) is 0 Å². The van der Waals surface area contributed by atoms with Gasteiger partial charge in [0.05, 0.1) is 5.60 Å². The highest BCUT2D eigenvalue weighted by Gasteiger charge is 2.48. The fraction of sp³-hybridized carbons (Fsp3) is 0.647. The lowest BCUT2D eigenvalue weighted by atomic mass is 9.59. The summed E-state index contributed by atoms with van der Waals surface area (Å²) < 4.78 is 1.19. The number of halogens is 1. The van der Waals surface area contributed by atoms with Gasteiger partial charge in [0.1, 0.15) is 0 Å². The maximum absolute atomic E-state index is 11.2. The average molecular weight is 387 g/mol. The largest absolute Gasteiger partial charge is 0.385 e. The van der Waals surface area contributed by atoms with Crippen LogP contribution in [0.2, 0.25) is 0 Å². The van der Waals surface area contributed by atoms with E-state index in [0.717, 1.165) is 24.3 Å². The molecule has 0 aliphatic heterocycles. The molecule has 2 rings (SSSR count). The van der Waals surface area contributed by atoms with Gasteiger partial charge in [-0.05, 0) is 78.8 Å². The summed E-state index contributed by atoms with van der Waals surface area (Å²) in [6.45, 7) is 4.77. The lowest BCUT2D eigenvalue weighted by molar-refractivity contribution is -0.0981. The van der Waals surface area contributed by atoms with Crippen molar-refractivity contribution in [3.63, 3.8) is 0 Å². The van der Waals surface area contributed by atoms with Crippen LogP contribution in [0.15, 0.2) is 24.3 Å². The summed E-state index contributed by atoms with van der Waals surface area (Å²) in [6.07, 6.45) is 5.68. The molecule has 112 valence electrons. The normalized spacial score (nSPS) is 29.9. The van der Waals surface area contributed by atoms with Gasteiger partial charge in [-0.2, -0.15) is 0 Å². The van der Waals surface area contributed by atoms with Gasteiger partial charge in [-0.25, -0.2) is 0 Å². The summed E-state index contributed by atoms with van der Waals surface area (Å²) in [6, 6.07) is 8.22. The third kappa shape index (κ3) is 2.90. The first-order valence-corrected chi connectivity index (χ1v) is 8.71. The van der Waals surface area contributed by atoms with E-state index < -0.39 is 5.60 Å². The van der Waals surface area contributed by atoms with Crippen molar-refractivity contribution < 1.29 is 5.11 Å². The second-order valence-electron chi connectivity index (χ2n) is 6.42. The van der Waals surface area contributed by atoms with Gasteiger partial charge in [-0.1, -0.05) is 25.5 Å². The van der Waals surface area contributed by atoms with Crippen molar-refractivity contribution >= 4 is 22.6 Å². The summed E-state index contributed by atoms with van der Waals surface area (Å²) in [5.41, 5.74) is 6.10. The molecule has 1 aromatic rings. The summed E-state index contributed by atoms with van der Waals surface area (Å²) in [5.74, 6) is 0.808. The van der Waals surface area contributed by atoms with Gasteiger partial charge in [0.2, 0.25) is 0 Å². The SMILES string of the molecule is CCC1CCC(CN)(C(C)(O)c2ccc(I)cc2)CC1. The van der Waals surface area contributed by atoms with Gasteiger partial charge >= 0.3 is 0 Å². The molecule has 0 bridgehead atoms. The Morgan fingerprint density at radius 2 is 1.85 bits per heavy atom. The van der Waals surface area contributed by atoms with E-state index in [1.807, 2.05) is 19.1 Å². The summed E-state index contributed by atoms with van der Waals surface area (Å²) in [4.78, 5) is 0. The summed E-state index contributed by atoms with van der Waals surface area (Å²) >= 11 is 2.29. The van der Waals surface area contributed by atoms with Gasteiger partial charge < -0.3 is 10.8 Å². The number of aliphatic hydroxyl groups is 1. The standard InChI is InChI=1S/C17H26INO/c1-3-13-8-10-17(12-19,11-9-13)16(2,20)14-4-6-15(18)7-5-14/h4-7,13,20H,3,8-12,19H2,1-2H3. The Morgan fingerprint density at radius 1 is 1.30 bits per heavy atom. The van der Waals surface area contributed by atoms with Crippen LogP contribution in [0.25, 0.3) is 0 Å². The Kier molecular flexibility index (Phi) is 5.14. The van der Waals surface area contributed by atoms with Crippen molar-refractivity contribution in [3.8, 4) is 0 Å². The molecule has 1 aliphatic rings. The minimum absolute atomic E-state index is 0.175. The lowest BCUT2D eigenvalue weighted by Gasteiger charge is -2.49. The molecule has 0 aromatic heterocycles. The zero-order valence-corrected chi connectivity index (χ0v) is 14.7. The number of hydrogen-bond acceptors (Lipinski definition) is 2. The molecule has 2 nitrogen and oxygen atoms in total. The van der Waals surface area contributed by atoms with E-state index in [2.05, 4.69) is 41.6 Å². The Hall–Kier alpha value is -0.130. The molecule has 0 spiro atoms. The molecular weight excluding hydrogens is 361 g/mol. The first-order chi connectivity index (χ1) is 9.45. The predicted molar refractivity (Wildman–Crippen MR) is 92.5 cm³/mol. The minimum atomic E-state index is -0.842. The average Bonchev–Trinajstić information content (AvgIpc) is 2.47. The molecule has 3 N–H and O–H groups in total. The molecule has 1 aromatic carbocycles. The molecule has 20 heavy (non-hydrogen) atoms. The fourth-order valence-corrected chi connectivity index (χ4v) is 3.97. The van der Waals surface area contributed by atoms with Crippen molar-refractivity contribution in [2.24, 2.45) is 17.1 Å². The molecule has 0 radical (unpaired) electrons. The zero-order valence-electron chi connectivity index (χ0n) is 12.5. The van der Waals surface area contributed by atoms with Crippen LogP contribution in [0, 0.1) is 14.9 Å². The van der Waals surface area contributed by atoms with Crippen LogP contribution in [-0.2, 0) is 5.60 Å². The number of rotatable bonds is 4. The van der Waals surface area contributed by atoms with Crippen LogP contribution in [0.5, 0.6) is 0 Å². The molecule has 1 aliphatic carbocycles. The second kappa shape index (κ2) is 6.32. The van der Waals surface area contributed by atoms with Crippen LogP contribution >= 0.6 is 22.6 Å². The highest BCUT2D eigenvalue weighted by Crippen LogP contribution is 2.50. The third-order valence-corrected chi connectivity index (χ3v) is 6.19. The topological polar surface area (TPSA) is 46.2 Å². The zero-order chi connectivity index (χ0) is 14.8. The van der Waals surface area contributed by atoms with Crippen molar-refractivity contribution in [3.05, 3.63) is 33.4 Å². The van der Waals surface area contributed by atoms with E-state index in [1.165, 1.54) is 22.8 Å². The van der Waals surface area contributed by atoms with Crippen LogP contribution in [0.3, 0.4) is 0 Å². The van der Waals surface area contributed by atoms with E-state index in [0.29, 0.717) is 6.54 Å². The summed E-state index contributed by atoms with van der Waals surface area (Å²) in [5, 5.41) is 11.2. The Labute approximate surface area is 136 Å². The van der Waals surface area contributed by atoms with Gasteiger partial charge in [0.25, 0.3) is 0 Å². The minimum Gasteiger partial charge on any atom is -0.385 e. The lowest BCUT2D eigenvalue weighted by Crippen LogP contribution is -2.50. The molecule has 0 heterocycles. The van der Waals surface area contributed by atoms with Crippen LogP contribution in [0.1, 0.15) is 51.5 Å². The van der Waals surface area contributed by atoms with Crippen molar-refractivity contribution in [2.75, 3.05) is 6.54 Å². The van der Waals surface area contributed by atoms with Gasteiger partial charge in [-0.15, -0.1) is 0 Å². The molecule has 0 amide bonds. The predicted octanol–water partition coefficient (Wildman–Crippen LogP) is 4.04. The molecule has 1 fully saturated rings. The third-order valence-electron chi connectivity index (χ3n) is 5.47. The first-order valence-electron chi connectivity index (χ1n) is 7.63. The summed E-state index contributed by atoms with van der Waals surface area (Å²) in [7, 11) is 0. The van der Waals surface area contributed by atoms with Gasteiger partial charge in [0, 0.05) is 15.5 Å². The quantitative estimate of drug-likeness (QED) is 0.766. The van der Waals surface area contributed by atoms with Gasteiger partial charge in [-0.3, -0.25) is 0 Å². The van der Waals surface area contributed by atoms with Crippen LogP contribution < -0.4 is 5.73 Å². The van der Waals surface area contributed by atoms with Crippen molar-refractivity contribution in [1.82, 2.24) is 0 Å². The van der Waals surface area contributed by atoms with E-state index in [-0.39, 0.29) is 5.41 Å². The van der Waals surface area contributed by atoms with E-state index >= 15 is 0 Å². The molecule has 1 unspecified atom stereocenters. The van der Waals surface area contributed by atoms with Crippen molar-refractivity contribution in [1.29, 1.82) is 0 Å². The highest BCUT2D eigenvalue weighted by atomic mass is 127. The smallest absolute Gasteiger partial charge is 0.0936 e. The Balaban J connectivity index is 2.27. The van der Waals surface area contributed by atoms with Crippen molar-refractivity contribution in [2.45, 2.75) is 51.6 Å². The number of hydrogen-bond donors (Lipinski definition) is 2. The molecule has 3 heteroatoms. The van der Waals surface area contributed by atoms with Crippen LogP contribution in [0.4, 0.5) is 0 Å². The molecule has 1 atom stereocenters. The highest BCUT2D eigenvalue weighted by molar-refractivity contribution is 14.1. The maximum Gasteiger partial charge on any atom is 0.0936 e. The van der Waals surface area contributed by atoms with E-state index in [9.17, 15) is 5.11 Å².